The molecule has 0 bridgehead atoms. The van der Waals surface area contributed by atoms with Gasteiger partial charge in [0.25, 0.3) is 0 Å². The zero-order chi connectivity index (χ0) is 17.5. The van der Waals surface area contributed by atoms with Crippen molar-refractivity contribution in [2.45, 2.75) is 26.6 Å². The Kier molecular flexibility index (Phi) is 3.64. The van der Waals surface area contributed by atoms with Crippen LogP contribution in [0.5, 0.6) is 5.75 Å². The van der Waals surface area contributed by atoms with Crippen LogP contribution in [0, 0.1) is 0 Å². The maximum atomic E-state index is 6.27. The molecule has 0 spiro atoms. The van der Waals surface area contributed by atoms with E-state index < -0.39 is 0 Å². The molecule has 5 rings (SSSR count). The number of rotatable bonds is 3. The highest BCUT2D eigenvalue weighted by Gasteiger charge is 2.23. The van der Waals surface area contributed by atoms with Gasteiger partial charge < -0.3 is 9.30 Å². The number of ether oxygens (including phenoxy) is 1. The molecule has 0 saturated heterocycles. The van der Waals surface area contributed by atoms with Crippen molar-refractivity contribution in [2.24, 2.45) is 0 Å². The average molecular weight is 343 g/mol. The molecule has 2 aromatic heterocycles. The van der Waals surface area contributed by atoms with Crippen molar-refractivity contribution >= 4 is 21.8 Å². The Bertz CT molecular complexity index is 1080. The molecule has 0 unspecified atom stereocenters. The molecule has 1 aliphatic rings. The van der Waals surface area contributed by atoms with Gasteiger partial charge in [0.2, 0.25) is 0 Å². The van der Waals surface area contributed by atoms with E-state index in [-0.39, 0.29) is 0 Å². The summed E-state index contributed by atoms with van der Waals surface area (Å²) >= 11 is 0. The minimum absolute atomic E-state index is 0.592. The SMILES string of the molecule is CCn1c2ccccc2c2c3c(ccc21)CN(Cc1ccccn1)CO3. The van der Waals surface area contributed by atoms with Gasteiger partial charge in [-0.1, -0.05) is 30.3 Å². The molecule has 0 radical (unpaired) electrons. The molecule has 0 atom stereocenters. The summed E-state index contributed by atoms with van der Waals surface area (Å²) in [5.74, 6) is 1.04. The van der Waals surface area contributed by atoms with Crippen molar-refractivity contribution in [3.8, 4) is 5.75 Å². The molecule has 4 aromatic rings. The molecule has 26 heavy (non-hydrogen) atoms. The van der Waals surface area contributed by atoms with Gasteiger partial charge in [-0.25, -0.2) is 0 Å². The molecule has 2 aromatic carbocycles. The van der Waals surface area contributed by atoms with Crippen molar-refractivity contribution in [3.05, 3.63) is 72.1 Å². The third-order valence-electron chi connectivity index (χ3n) is 5.19. The van der Waals surface area contributed by atoms with Gasteiger partial charge in [-0.15, -0.1) is 0 Å². The van der Waals surface area contributed by atoms with Crippen molar-refractivity contribution < 1.29 is 4.74 Å². The number of nitrogens with zero attached hydrogens (tertiary/aromatic N) is 3. The van der Waals surface area contributed by atoms with Crippen molar-refractivity contribution in [1.82, 2.24) is 14.5 Å². The van der Waals surface area contributed by atoms with E-state index in [1.165, 1.54) is 27.4 Å². The van der Waals surface area contributed by atoms with Gasteiger partial charge in [0.1, 0.15) is 12.5 Å². The lowest BCUT2D eigenvalue weighted by molar-refractivity contribution is 0.0893. The van der Waals surface area contributed by atoms with Crippen LogP contribution in [0.15, 0.2) is 60.8 Å². The molecular formula is C22H21N3O. The Labute approximate surface area is 152 Å². The summed E-state index contributed by atoms with van der Waals surface area (Å²) in [4.78, 5) is 6.72. The minimum Gasteiger partial charge on any atom is -0.477 e. The molecule has 0 saturated carbocycles. The lowest BCUT2D eigenvalue weighted by Gasteiger charge is -2.29. The molecule has 4 nitrogen and oxygen atoms in total. The number of aromatic nitrogens is 2. The van der Waals surface area contributed by atoms with E-state index in [9.17, 15) is 0 Å². The zero-order valence-electron chi connectivity index (χ0n) is 14.9. The lowest BCUT2D eigenvalue weighted by Crippen LogP contribution is -2.31. The first kappa shape index (κ1) is 15.4. The third kappa shape index (κ3) is 2.37. The van der Waals surface area contributed by atoms with Gasteiger partial charge >= 0.3 is 0 Å². The van der Waals surface area contributed by atoms with Gasteiger partial charge in [-0.2, -0.15) is 0 Å². The molecule has 0 aliphatic carbocycles. The van der Waals surface area contributed by atoms with Crippen LogP contribution in [-0.2, 0) is 19.6 Å². The predicted octanol–water partition coefficient (Wildman–Crippen LogP) is 4.56. The summed E-state index contributed by atoms with van der Waals surface area (Å²) in [5, 5.41) is 2.52. The maximum Gasteiger partial charge on any atom is 0.142 e. The standard InChI is InChI=1S/C22H21N3O/c1-2-25-19-9-4-3-8-18(19)21-20(25)11-10-16-13-24(15-26-22(16)21)14-17-7-5-6-12-23-17/h3-12H,2,13-15H2,1H3. The predicted molar refractivity (Wildman–Crippen MR) is 104 cm³/mol. The summed E-state index contributed by atoms with van der Waals surface area (Å²) in [5.41, 5.74) is 4.85. The van der Waals surface area contributed by atoms with E-state index in [4.69, 9.17) is 4.74 Å². The number of para-hydroxylation sites is 1. The largest absolute Gasteiger partial charge is 0.477 e. The average Bonchev–Trinajstić information content (AvgIpc) is 3.02. The Morgan fingerprint density at radius 1 is 1.00 bits per heavy atom. The summed E-state index contributed by atoms with van der Waals surface area (Å²) in [6, 6.07) is 19.1. The van der Waals surface area contributed by atoms with Crippen molar-refractivity contribution in [1.29, 1.82) is 0 Å². The zero-order valence-corrected chi connectivity index (χ0v) is 14.9. The molecule has 130 valence electrons. The van der Waals surface area contributed by atoms with Gasteiger partial charge in [0, 0.05) is 47.7 Å². The first-order chi connectivity index (χ1) is 12.8. The van der Waals surface area contributed by atoms with Crippen LogP contribution in [0.2, 0.25) is 0 Å². The van der Waals surface area contributed by atoms with Crippen LogP contribution in [0.3, 0.4) is 0 Å². The summed E-state index contributed by atoms with van der Waals surface area (Å²) in [6.07, 6.45) is 1.84. The fourth-order valence-corrected chi connectivity index (χ4v) is 4.05. The van der Waals surface area contributed by atoms with E-state index in [0.717, 1.165) is 31.1 Å². The molecule has 3 heterocycles. The van der Waals surface area contributed by atoms with E-state index in [0.29, 0.717) is 6.73 Å². The molecule has 4 heteroatoms. The van der Waals surface area contributed by atoms with E-state index in [2.05, 4.69) is 63.8 Å². The van der Waals surface area contributed by atoms with Gasteiger partial charge in [-0.05, 0) is 31.2 Å². The Hall–Kier alpha value is -2.85. The lowest BCUT2D eigenvalue weighted by atomic mass is 10.1. The normalized spacial score (nSPS) is 14.5. The number of benzene rings is 2. The van der Waals surface area contributed by atoms with Crippen LogP contribution in [0.4, 0.5) is 0 Å². The molecule has 1 aliphatic heterocycles. The van der Waals surface area contributed by atoms with Crippen LogP contribution in [0.25, 0.3) is 21.8 Å². The highest BCUT2D eigenvalue weighted by atomic mass is 16.5. The number of hydrogen-bond donors (Lipinski definition) is 0. The second-order valence-electron chi connectivity index (χ2n) is 6.79. The second kappa shape index (κ2) is 6.15. The van der Waals surface area contributed by atoms with E-state index >= 15 is 0 Å². The van der Waals surface area contributed by atoms with E-state index in [1.807, 2.05) is 18.3 Å². The van der Waals surface area contributed by atoms with Crippen LogP contribution in [-0.4, -0.2) is 21.2 Å². The Morgan fingerprint density at radius 3 is 2.73 bits per heavy atom. The van der Waals surface area contributed by atoms with Crippen LogP contribution in [0.1, 0.15) is 18.2 Å². The summed E-state index contributed by atoms with van der Waals surface area (Å²) in [7, 11) is 0. The number of pyridine rings is 1. The van der Waals surface area contributed by atoms with Crippen LogP contribution >= 0.6 is 0 Å². The van der Waals surface area contributed by atoms with Gasteiger partial charge in [-0.3, -0.25) is 9.88 Å². The highest BCUT2D eigenvalue weighted by Crippen LogP contribution is 2.40. The highest BCUT2D eigenvalue weighted by molar-refractivity contribution is 6.11. The first-order valence-corrected chi connectivity index (χ1v) is 9.13. The first-order valence-electron chi connectivity index (χ1n) is 9.13. The fourth-order valence-electron chi connectivity index (χ4n) is 4.05. The minimum atomic E-state index is 0.592. The number of hydrogen-bond acceptors (Lipinski definition) is 3. The molecule has 0 fully saturated rings. The Morgan fingerprint density at radius 2 is 1.88 bits per heavy atom. The quantitative estimate of drug-likeness (QED) is 0.546. The van der Waals surface area contributed by atoms with Crippen LogP contribution < -0.4 is 4.74 Å². The molecular weight excluding hydrogens is 322 g/mol. The Balaban J connectivity index is 1.58. The second-order valence-corrected chi connectivity index (χ2v) is 6.79. The van der Waals surface area contributed by atoms with Crippen molar-refractivity contribution in [3.63, 3.8) is 0 Å². The van der Waals surface area contributed by atoms with Gasteiger partial charge in [0.05, 0.1) is 11.2 Å². The summed E-state index contributed by atoms with van der Waals surface area (Å²) in [6.45, 7) is 5.42. The monoisotopic (exact) mass is 343 g/mol. The fraction of sp³-hybridized carbons (Fsp3) is 0.227. The smallest absolute Gasteiger partial charge is 0.142 e. The number of aryl methyl sites for hydroxylation is 1. The third-order valence-corrected chi connectivity index (χ3v) is 5.19. The van der Waals surface area contributed by atoms with Gasteiger partial charge in [0.15, 0.2) is 0 Å². The number of fused-ring (bicyclic) bond motifs is 5. The van der Waals surface area contributed by atoms with E-state index in [1.54, 1.807) is 0 Å². The topological polar surface area (TPSA) is 30.3 Å². The summed E-state index contributed by atoms with van der Waals surface area (Å²) < 4.78 is 8.64. The molecule has 0 amide bonds. The maximum absolute atomic E-state index is 6.27. The van der Waals surface area contributed by atoms with Crippen molar-refractivity contribution in [2.75, 3.05) is 6.73 Å². The molecule has 0 N–H and O–H groups in total.